The van der Waals surface area contributed by atoms with E-state index in [0.717, 1.165) is 32.1 Å². The van der Waals surface area contributed by atoms with E-state index in [2.05, 4.69) is 0 Å². The molecule has 106 valence electrons. The molecule has 0 radical (unpaired) electrons. The minimum atomic E-state index is -5.83. The maximum atomic E-state index is 12.6. The molecule has 0 heterocycles. The van der Waals surface area contributed by atoms with Gasteiger partial charge in [0.1, 0.15) is 0 Å². The molecule has 1 fully saturated rings. The topological polar surface area (TPSA) is 29.1 Å². The van der Waals surface area contributed by atoms with Gasteiger partial charge in [0.2, 0.25) is 0 Å². The summed E-state index contributed by atoms with van der Waals surface area (Å²) in [5, 5.41) is 1.67. The number of carbonyl (C=O) groups excluding carboxylic acids is 1. The van der Waals surface area contributed by atoms with Crippen molar-refractivity contribution in [3.05, 3.63) is 0 Å². The first-order valence-corrected chi connectivity index (χ1v) is 5.98. The summed E-state index contributed by atoms with van der Waals surface area (Å²) in [5.41, 5.74) is 0. The lowest BCUT2D eigenvalue weighted by Crippen LogP contribution is -2.50. The van der Waals surface area contributed by atoms with Crippen LogP contribution in [0.3, 0.4) is 0 Å². The zero-order valence-corrected chi connectivity index (χ0v) is 9.83. The van der Waals surface area contributed by atoms with Crippen molar-refractivity contribution in [1.29, 1.82) is 0 Å². The van der Waals surface area contributed by atoms with Crippen LogP contribution in [0.25, 0.3) is 0 Å². The van der Waals surface area contributed by atoms with Gasteiger partial charge in [0.05, 0.1) is 0 Å². The summed E-state index contributed by atoms with van der Waals surface area (Å²) in [6.07, 6.45) is -0.234. The molecule has 1 aliphatic carbocycles. The molecule has 0 aromatic carbocycles. The van der Waals surface area contributed by atoms with Crippen LogP contribution < -0.4 is 5.32 Å². The second kappa shape index (κ2) is 5.84. The first-order chi connectivity index (χ1) is 8.25. The summed E-state index contributed by atoms with van der Waals surface area (Å²) >= 11 is 0. The van der Waals surface area contributed by atoms with Crippen LogP contribution in [-0.2, 0) is 4.79 Å². The Morgan fingerprint density at radius 3 is 2.11 bits per heavy atom. The Labute approximate surface area is 102 Å². The number of amides is 1. The third-order valence-corrected chi connectivity index (χ3v) is 3.20. The number of hydrogen-bond acceptors (Lipinski definition) is 1. The number of nitrogens with one attached hydrogen (secondary N) is 1. The van der Waals surface area contributed by atoms with Crippen molar-refractivity contribution in [2.45, 2.75) is 50.6 Å². The Morgan fingerprint density at radius 1 is 1.06 bits per heavy atom. The van der Waals surface area contributed by atoms with E-state index >= 15 is 0 Å². The largest absolute Gasteiger partial charge is 0.463 e. The van der Waals surface area contributed by atoms with Gasteiger partial charge < -0.3 is 5.32 Å². The Hall–Kier alpha value is -0.880. The summed E-state index contributed by atoms with van der Waals surface area (Å²) in [4.78, 5) is 10.8. The highest BCUT2D eigenvalue weighted by Gasteiger charge is 2.63. The van der Waals surface area contributed by atoms with Crippen molar-refractivity contribution in [1.82, 2.24) is 5.32 Å². The van der Waals surface area contributed by atoms with Gasteiger partial charge in [-0.05, 0) is 12.3 Å². The second-order valence-electron chi connectivity index (χ2n) is 4.62. The van der Waals surface area contributed by atoms with Gasteiger partial charge in [0.15, 0.2) is 0 Å². The van der Waals surface area contributed by atoms with Gasteiger partial charge in [-0.2, -0.15) is 22.0 Å². The van der Waals surface area contributed by atoms with Crippen molar-refractivity contribution >= 4 is 5.91 Å². The van der Waals surface area contributed by atoms with Gasteiger partial charge in [0.25, 0.3) is 5.91 Å². The van der Waals surface area contributed by atoms with E-state index in [1.165, 1.54) is 0 Å². The lowest BCUT2D eigenvalue weighted by atomic mass is 9.87. The predicted molar refractivity (Wildman–Crippen MR) is 55.2 cm³/mol. The zero-order chi connectivity index (χ0) is 13.8. The van der Waals surface area contributed by atoms with E-state index in [9.17, 15) is 26.7 Å². The summed E-state index contributed by atoms with van der Waals surface area (Å²) in [7, 11) is 0. The van der Waals surface area contributed by atoms with Gasteiger partial charge in [-0.15, -0.1) is 0 Å². The SMILES string of the molecule is O=C(NCCC1CCCCC1)C(F)(F)C(F)(F)F. The smallest absolute Gasteiger partial charge is 0.351 e. The Bertz CT molecular complexity index is 284. The molecule has 1 saturated carbocycles. The van der Waals surface area contributed by atoms with E-state index in [1.807, 2.05) is 0 Å². The van der Waals surface area contributed by atoms with Crippen LogP contribution in [0.5, 0.6) is 0 Å². The van der Waals surface area contributed by atoms with Crippen LogP contribution in [0.2, 0.25) is 0 Å². The molecule has 0 aliphatic heterocycles. The number of rotatable bonds is 4. The Kier molecular flexibility index (Phi) is 4.92. The quantitative estimate of drug-likeness (QED) is 0.782. The molecule has 1 rings (SSSR count). The molecule has 0 aromatic rings. The highest BCUT2D eigenvalue weighted by atomic mass is 19.4. The summed E-state index contributed by atoms with van der Waals surface area (Å²) < 4.78 is 60.7. The maximum Gasteiger partial charge on any atom is 0.463 e. The molecule has 1 aliphatic rings. The Balaban J connectivity index is 2.32. The van der Waals surface area contributed by atoms with Crippen LogP contribution in [0.15, 0.2) is 0 Å². The van der Waals surface area contributed by atoms with E-state index in [-0.39, 0.29) is 6.54 Å². The normalized spacial score (nSPS) is 18.7. The molecule has 2 nitrogen and oxygen atoms in total. The highest BCUT2D eigenvalue weighted by Crippen LogP contribution is 2.35. The van der Waals surface area contributed by atoms with Crippen LogP contribution in [0, 0.1) is 5.92 Å². The molecular weight excluding hydrogens is 257 g/mol. The molecule has 0 saturated heterocycles. The van der Waals surface area contributed by atoms with Crippen molar-refractivity contribution in [2.24, 2.45) is 5.92 Å². The van der Waals surface area contributed by atoms with Crippen LogP contribution >= 0.6 is 0 Å². The van der Waals surface area contributed by atoms with E-state index in [4.69, 9.17) is 0 Å². The van der Waals surface area contributed by atoms with E-state index in [1.54, 1.807) is 5.32 Å². The predicted octanol–water partition coefficient (Wildman–Crippen LogP) is 3.27. The first-order valence-electron chi connectivity index (χ1n) is 5.98. The van der Waals surface area contributed by atoms with E-state index in [0.29, 0.717) is 12.3 Å². The van der Waals surface area contributed by atoms with E-state index < -0.39 is 18.0 Å². The molecule has 0 spiro atoms. The number of alkyl halides is 5. The van der Waals surface area contributed by atoms with Gasteiger partial charge >= 0.3 is 12.1 Å². The first kappa shape index (κ1) is 15.2. The van der Waals surface area contributed by atoms with Crippen LogP contribution in [0.4, 0.5) is 22.0 Å². The molecule has 0 unspecified atom stereocenters. The van der Waals surface area contributed by atoms with Gasteiger partial charge in [-0.3, -0.25) is 4.79 Å². The molecule has 0 atom stereocenters. The molecule has 0 bridgehead atoms. The monoisotopic (exact) mass is 273 g/mol. The average molecular weight is 273 g/mol. The minimum absolute atomic E-state index is 0.130. The molecule has 0 aromatic heterocycles. The molecule has 1 amide bonds. The van der Waals surface area contributed by atoms with Crippen LogP contribution in [-0.4, -0.2) is 24.6 Å². The Morgan fingerprint density at radius 2 is 1.61 bits per heavy atom. The number of hydrogen-bond donors (Lipinski definition) is 1. The van der Waals surface area contributed by atoms with Crippen LogP contribution in [0.1, 0.15) is 38.5 Å². The molecule has 18 heavy (non-hydrogen) atoms. The van der Waals surface area contributed by atoms with Gasteiger partial charge in [-0.1, -0.05) is 32.1 Å². The third kappa shape index (κ3) is 3.81. The minimum Gasteiger partial charge on any atom is -0.351 e. The van der Waals surface area contributed by atoms with Crippen molar-refractivity contribution in [2.75, 3.05) is 6.54 Å². The van der Waals surface area contributed by atoms with Gasteiger partial charge in [-0.25, -0.2) is 0 Å². The maximum absolute atomic E-state index is 12.6. The molecule has 7 heteroatoms. The third-order valence-electron chi connectivity index (χ3n) is 3.20. The standard InChI is InChI=1S/C11H16F5NO/c12-10(13,11(14,15)16)9(18)17-7-6-8-4-2-1-3-5-8/h8H,1-7H2,(H,17,18). The average Bonchev–Trinajstić information content (AvgIpc) is 2.28. The fourth-order valence-electron chi connectivity index (χ4n) is 2.11. The van der Waals surface area contributed by atoms with Crippen molar-refractivity contribution < 1.29 is 26.7 Å². The number of carbonyl (C=O) groups is 1. The number of halogens is 5. The molecule has 1 N–H and O–H groups in total. The lowest BCUT2D eigenvalue weighted by molar-refractivity contribution is -0.269. The fourth-order valence-corrected chi connectivity index (χ4v) is 2.11. The van der Waals surface area contributed by atoms with Crippen molar-refractivity contribution in [3.63, 3.8) is 0 Å². The highest BCUT2D eigenvalue weighted by molar-refractivity contribution is 5.84. The lowest BCUT2D eigenvalue weighted by Gasteiger charge is -2.22. The molecular formula is C11H16F5NO. The fraction of sp³-hybridized carbons (Fsp3) is 0.909. The summed E-state index contributed by atoms with van der Waals surface area (Å²) in [6.45, 7) is -0.130. The summed E-state index contributed by atoms with van der Waals surface area (Å²) in [5.74, 6) is -7.25. The van der Waals surface area contributed by atoms with Crippen molar-refractivity contribution in [3.8, 4) is 0 Å². The second-order valence-corrected chi connectivity index (χ2v) is 4.62. The summed E-state index contributed by atoms with van der Waals surface area (Å²) in [6, 6.07) is 0. The zero-order valence-electron chi connectivity index (χ0n) is 9.83. The van der Waals surface area contributed by atoms with Gasteiger partial charge in [0, 0.05) is 6.54 Å².